The number of amides is 1. The van der Waals surface area contributed by atoms with Gasteiger partial charge in [-0.2, -0.15) is 13.2 Å². The molecule has 0 spiro atoms. The van der Waals surface area contributed by atoms with E-state index in [1.54, 1.807) is 11.1 Å². The Bertz CT molecular complexity index is 1210. The summed E-state index contributed by atoms with van der Waals surface area (Å²) in [6, 6.07) is 8.02. The van der Waals surface area contributed by atoms with Gasteiger partial charge in [-0.05, 0) is 36.6 Å². The maximum Gasteiger partial charge on any atom is 0.451 e. The quantitative estimate of drug-likeness (QED) is 0.506. The van der Waals surface area contributed by atoms with Crippen molar-refractivity contribution in [1.82, 2.24) is 24.6 Å². The Morgan fingerprint density at radius 1 is 1.15 bits per heavy atom. The number of carbonyl (C=O) groups is 1. The molecular weight excluding hydrogens is 501 g/mol. The van der Waals surface area contributed by atoms with E-state index in [9.17, 15) is 18.0 Å². The SMILES string of the molecule is C[C@@H]1CN(c2ccnc3cc(Br)ccc23)CC[C@@H]1C(=O)N1CCn2c(nnc2C(F)(F)F)C1. The zero-order valence-corrected chi connectivity index (χ0v) is 19.5. The van der Waals surface area contributed by atoms with E-state index in [2.05, 4.69) is 42.9 Å². The molecule has 3 aromatic rings. The van der Waals surface area contributed by atoms with Crippen molar-refractivity contribution in [2.45, 2.75) is 32.6 Å². The Morgan fingerprint density at radius 2 is 1.97 bits per heavy atom. The molecule has 2 atom stereocenters. The molecule has 174 valence electrons. The second kappa shape index (κ2) is 8.27. The van der Waals surface area contributed by atoms with Gasteiger partial charge < -0.3 is 14.4 Å². The fourth-order valence-corrected chi connectivity index (χ4v) is 5.25. The number of piperidine rings is 1. The lowest BCUT2D eigenvalue weighted by molar-refractivity contribution is -0.148. The zero-order chi connectivity index (χ0) is 23.3. The van der Waals surface area contributed by atoms with Gasteiger partial charge in [0.1, 0.15) is 0 Å². The van der Waals surface area contributed by atoms with Crippen LogP contribution in [0.25, 0.3) is 10.9 Å². The fourth-order valence-electron chi connectivity index (χ4n) is 4.90. The monoisotopic (exact) mass is 522 g/mol. The van der Waals surface area contributed by atoms with E-state index >= 15 is 0 Å². The van der Waals surface area contributed by atoms with Crippen LogP contribution in [0.15, 0.2) is 34.9 Å². The number of anilines is 1. The van der Waals surface area contributed by atoms with Crippen LogP contribution in [0.3, 0.4) is 0 Å². The van der Waals surface area contributed by atoms with Crippen molar-refractivity contribution in [3.8, 4) is 0 Å². The number of aromatic nitrogens is 4. The number of hydrogen-bond donors (Lipinski definition) is 0. The molecule has 0 saturated carbocycles. The van der Waals surface area contributed by atoms with E-state index < -0.39 is 12.0 Å². The normalized spacial score (nSPS) is 21.4. The molecule has 33 heavy (non-hydrogen) atoms. The summed E-state index contributed by atoms with van der Waals surface area (Å²) in [6.07, 6.45) is -2.07. The second-order valence-electron chi connectivity index (χ2n) is 8.66. The molecule has 2 aliphatic rings. The Morgan fingerprint density at radius 3 is 2.73 bits per heavy atom. The lowest BCUT2D eigenvalue weighted by Gasteiger charge is -2.40. The van der Waals surface area contributed by atoms with Crippen molar-refractivity contribution in [2.75, 3.05) is 24.5 Å². The number of pyridine rings is 1. The molecule has 5 rings (SSSR count). The van der Waals surface area contributed by atoms with Gasteiger partial charge in [0.05, 0.1) is 12.1 Å². The minimum Gasteiger partial charge on any atom is -0.371 e. The molecule has 1 amide bonds. The highest BCUT2D eigenvalue weighted by Crippen LogP contribution is 2.34. The van der Waals surface area contributed by atoms with Gasteiger partial charge in [-0.3, -0.25) is 9.78 Å². The summed E-state index contributed by atoms with van der Waals surface area (Å²) in [5.41, 5.74) is 2.00. The highest BCUT2D eigenvalue weighted by Gasteiger charge is 2.41. The first-order valence-corrected chi connectivity index (χ1v) is 11.6. The van der Waals surface area contributed by atoms with Crippen LogP contribution in [0, 0.1) is 11.8 Å². The number of hydrogen-bond acceptors (Lipinski definition) is 5. The predicted molar refractivity (Wildman–Crippen MR) is 119 cm³/mol. The van der Waals surface area contributed by atoms with Gasteiger partial charge in [-0.1, -0.05) is 22.9 Å². The molecule has 1 aromatic carbocycles. The number of alkyl halides is 3. The summed E-state index contributed by atoms with van der Waals surface area (Å²) in [7, 11) is 0. The van der Waals surface area contributed by atoms with E-state index in [-0.39, 0.29) is 43.2 Å². The molecular formula is C22H22BrF3N6O. The van der Waals surface area contributed by atoms with Gasteiger partial charge in [-0.25, -0.2) is 0 Å². The van der Waals surface area contributed by atoms with Crippen LogP contribution >= 0.6 is 15.9 Å². The van der Waals surface area contributed by atoms with Crippen molar-refractivity contribution in [3.63, 3.8) is 0 Å². The number of halogens is 4. The smallest absolute Gasteiger partial charge is 0.371 e. The van der Waals surface area contributed by atoms with E-state index in [0.29, 0.717) is 13.0 Å². The molecule has 0 unspecified atom stereocenters. The third-order valence-corrected chi connectivity index (χ3v) is 7.06. The summed E-state index contributed by atoms with van der Waals surface area (Å²) in [5.74, 6) is -0.923. The molecule has 0 radical (unpaired) electrons. The summed E-state index contributed by atoms with van der Waals surface area (Å²) >= 11 is 3.48. The van der Waals surface area contributed by atoms with Gasteiger partial charge in [0.2, 0.25) is 11.7 Å². The minimum absolute atomic E-state index is 0.0199. The Labute approximate surface area is 196 Å². The van der Waals surface area contributed by atoms with E-state index in [4.69, 9.17) is 0 Å². The third kappa shape index (κ3) is 4.07. The number of carbonyl (C=O) groups excluding carboxylic acids is 1. The maximum absolute atomic E-state index is 13.3. The molecule has 2 aliphatic heterocycles. The van der Waals surface area contributed by atoms with E-state index in [1.807, 2.05) is 24.3 Å². The summed E-state index contributed by atoms with van der Waals surface area (Å²) in [5, 5.41) is 8.05. The molecule has 2 aromatic heterocycles. The zero-order valence-electron chi connectivity index (χ0n) is 17.9. The van der Waals surface area contributed by atoms with Crippen LogP contribution in [0.4, 0.5) is 18.9 Å². The fraction of sp³-hybridized carbons (Fsp3) is 0.455. The van der Waals surface area contributed by atoms with Crippen LogP contribution in [0.5, 0.6) is 0 Å². The van der Waals surface area contributed by atoms with Crippen LogP contribution in [0.2, 0.25) is 0 Å². The van der Waals surface area contributed by atoms with Gasteiger partial charge >= 0.3 is 6.18 Å². The molecule has 0 aliphatic carbocycles. The van der Waals surface area contributed by atoms with Crippen molar-refractivity contribution >= 4 is 38.4 Å². The number of nitrogens with zero attached hydrogens (tertiary/aromatic N) is 6. The van der Waals surface area contributed by atoms with Crippen molar-refractivity contribution < 1.29 is 18.0 Å². The standard InChI is InChI=1S/C22H22BrF3N6O/c1-13-11-30(18-4-6-27-17-10-14(23)2-3-16(17)18)7-5-15(13)20(33)31-8-9-32-19(12-31)28-29-21(32)22(24,25)26/h2-4,6,10,13,15H,5,7-9,11-12H2,1H3/t13-,15+/m1/s1. The Hall–Kier alpha value is -2.69. The molecule has 4 heterocycles. The van der Waals surface area contributed by atoms with E-state index in [1.165, 1.54) is 0 Å². The highest BCUT2D eigenvalue weighted by atomic mass is 79.9. The maximum atomic E-state index is 13.3. The lowest BCUT2D eigenvalue weighted by atomic mass is 9.85. The van der Waals surface area contributed by atoms with Crippen molar-refractivity contribution in [1.29, 1.82) is 0 Å². The summed E-state index contributed by atoms with van der Waals surface area (Å²) in [4.78, 5) is 21.6. The average Bonchev–Trinajstić information content (AvgIpc) is 3.22. The first kappa shape index (κ1) is 22.1. The first-order valence-electron chi connectivity index (χ1n) is 10.8. The van der Waals surface area contributed by atoms with Gasteiger partial charge in [0, 0.05) is 53.8 Å². The molecule has 11 heteroatoms. The number of rotatable bonds is 2. The molecule has 7 nitrogen and oxygen atoms in total. The van der Waals surface area contributed by atoms with Crippen LogP contribution in [-0.2, 0) is 24.1 Å². The summed E-state index contributed by atoms with van der Waals surface area (Å²) in [6.45, 7) is 3.83. The first-order chi connectivity index (χ1) is 15.7. The van der Waals surface area contributed by atoms with Crippen LogP contribution in [-0.4, -0.2) is 50.2 Å². The Kier molecular flexibility index (Phi) is 5.54. The topological polar surface area (TPSA) is 67.2 Å². The van der Waals surface area contributed by atoms with Crippen LogP contribution < -0.4 is 4.90 Å². The van der Waals surface area contributed by atoms with Crippen molar-refractivity contribution in [2.24, 2.45) is 11.8 Å². The highest BCUT2D eigenvalue weighted by molar-refractivity contribution is 9.10. The average molecular weight is 523 g/mol. The van der Waals surface area contributed by atoms with E-state index in [0.717, 1.165) is 32.2 Å². The predicted octanol–water partition coefficient (Wildman–Crippen LogP) is 4.11. The largest absolute Gasteiger partial charge is 0.451 e. The van der Waals surface area contributed by atoms with Gasteiger partial charge in [0.25, 0.3) is 0 Å². The van der Waals surface area contributed by atoms with Crippen LogP contribution in [0.1, 0.15) is 25.0 Å². The number of fused-ring (bicyclic) bond motifs is 2. The molecule has 0 bridgehead atoms. The second-order valence-corrected chi connectivity index (χ2v) is 9.57. The summed E-state index contributed by atoms with van der Waals surface area (Å²) < 4.78 is 41.3. The lowest BCUT2D eigenvalue weighted by Crippen LogP contribution is -2.49. The minimum atomic E-state index is -4.55. The Balaban J connectivity index is 1.29. The molecule has 1 saturated heterocycles. The van der Waals surface area contributed by atoms with Gasteiger partial charge in [-0.15, -0.1) is 10.2 Å². The van der Waals surface area contributed by atoms with Gasteiger partial charge in [0.15, 0.2) is 5.82 Å². The third-order valence-electron chi connectivity index (χ3n) is 6.56. The number of benzene rings is 1. The van der Waals surface area contributed by atoms with Crippen molar-refractivity contribution in [3.05, 3.63) is 46.6 Å². The molecule has 1 fully saturated rings. The molecule has 0 N–H and O–H groups in total.